The largest absolute Gasteiger partial charge is 0.393 e. The molecule has 2 N–H and O–H groups in total. The highest BCUT2D eigenvalue weighted by Crippen LogP contribution is 2.33. The fourth-order valence-electron chi connectivity index (χ4n) is 2.68. The van der Waals surface area contributed by atoms with E-state index in [9.17, 15) is 14.6 Å². The molecule has 1 unspecified atom stereocenters. The van der Waals surface area contributed by atoms with Crippen molar-refractivity contribution < 1.29 is 14.6 Å². The van der Waals surface area contributed by atoms with Gasteiger partial charge in [-0.05, 0) is 50.3 Å². The van der Waals surface area contributed by atoms with Crippen molar-refractivity contribution in [3.8, 4) is 0 Å². The van der Waals surface area contributed by atoms with Gasteiger partial charge in [-0.15, -0.1) is 0 Å². The van der Waals surface area contributed by atoms with Crippen LogP contribution in [0.2, 0.25) is 0 Å². The van der Waals surface area contributed by atoms with Gasteiger partial charge in [0.05, 0.1) is 12.2 Å². The molecule has 0 aromatic heterocycles. The molecular weight excluding hydrogens is 245 g/mol. The fourth-order valence-corrected chi connectivity index (χ4v) is 2.68. The summed E-state index contributed by atoms with van der Waals surface area (Å²) in [5, 5.41) is 19.1. The Morgan fingerprint density at radius 3 is 2.58 bits per heavy atom. The summed E-state index contributed by atoms with van der Waals surface area (Å²) in [6.07, 6.45) is 0.799. The molecule has 0 aliphatic heterocycles. The van der Waals surface area contributed by atoms with Crippen molar-refractivity contribution in [3.05, 3.63) is 29.1 Å². The monoisotopic (exact) mass is 267 g/mol. The number of anilines is 1. The lowest BCUT2D eigenvalue weighted by Gasteiger charge is -2.36. The van der Waals surface area contributed by atoms with Gasteiger partial charge >= 0.3 is 0 Å². The van der Waals surface area contributed by atoms with Crippen LogP contribution in [0.25, 0.3) is 0 Å². The minimum absolute atomic E-state index is 0.162. The van der Waals surface area contributed by atoms with Gasteiger partial charge in [0.2, 0.25) is 0 Å². The third-order valence-corrected chi connectivity index (χ3v) is 3.91. The van der Waals surface area contributed by atoms with Gasteiger partial charge in [-0.25, -0.2) is 4.39 Å². The molecule has 1 fully saturated rings. The number of hydrogen-bond donors (Lipinski definition) is 2. The van der Waals surface area contributed by atoms with Crippen molar-refractivity contribution >= 4 is 5.69 Å². The first-order valence-electron chi connectivity index (χ1n) is 6.75. The van der Waals surface area contributed by atoms with Crippen LogP contribution in [-0.4, -0.2) is 29.9 Å². The predicted octanol–water partition coefficient (Wildman–Crippen LogP) is 2.39. The molecule has 19 heavy (non-hydrogen) atoms. The SMILES string of the molecule is Cc1cc(N(C)CC2CC(O)C2)c(C(C)O)cc1F. The molecular formula is C15H22FNO2. The molecule has 1 atom stereocenters. The molecule has 1 aliphatic carbocycles. The molecule has 0 amide bonds. The maximum Gasteiger partial charge on any atom is 0.126 e. The second-order valence-electron chi connectivity index (χ2n) is 5.71. The van der Waals surface area contributed by atoms with E-state index in [1.54, 1.807) is 19.9 Å². The van der Waals surface area contributed by atoms with Crippen LogP contribution in [0.1, 0.15) is 37.0 Å². The number of hydrogen-bond acceptors (Lipinski definition) is 3. The molecule has 1 aromatic carbocycles. The molecule has 0 radical (unpaired) electrons. The van der Waals surface area contributed by atoms with Crippen LogP contribution in [0.15, 0.2) is 12.1 Å². The average molecular weight is 267 g/mol. The lowest BCUT2D eigenvalue weighted by atomic mass is 9.82. The second-order valence-corrected chi connectivity index (χ2v) is 5.71. The van der Waals surface area contributed by atoms with Crippen molar-refractivity contribution in [2.75, 3.05) is 18.5 Å². The van der Waals surface area contributed by atoms with Gasteiger partial charge in [0.1, 0.15) is 5.82 Å². The summed E-state index contributed by atoms with van der Waals surface area (Å²) in [7, 11) is 1.95. The lowest BCUT2D eigenvalue weighted by Crippen LogP contribution is -2.37. The van der Waals surface area contributed by atoms with Gasteiger partial charge in [0, 0.05) is 24.8 Å². The van der Waals surface area contributed by atoms with Crippen LogP contribution in [-0.2, 0) is 0 Å². The number of benzene rings is 1. The van der Waals surface area contributed by atoms with Gasteiger partial charge in [-0.1, -0.05) is 0 Å². The highest BCUT2D eigenvalue weighted by atomic mass is 19.1. The highest BCUT2D eigenvalue weighted by molar-refractivity contribution is 5.56. The summed E-state index contributed by atoms with van der Waals surface area (Å²) in [5.41, 5.74) is 2.07. The molecule has 3 nitrogen and oxygen atoms in total. The first-order valence-corrected chi connectivity index (χ1v) is 6.75. The molecule has 0 saturated heterocycles. The normalized spacial score (nSPS) is 23.9. The average Bonchev–Trinajstić information content (AvgIpc) is 2.29. The van der Waals surface area contributed by atoms with Gasteiger partial charge in [0.15, 0.2) is 0 Å². The Labute approximate surface area is 113 Å². The molecule has 0 bridgehead atoms. The number of halogens is 1. The van der Waals surface area contributed by atoms with Crippen LogP contribution < -0.4 is 4.90 Å². The highest BCUT2D eigenvalue weighted by Gasteiger charge is 2.28. The van der Waals surface area contributed by atoms with Crippen molar-refractivity contribution in [2.45, 2.75) is 38.9 Å². The standard InChI is InChI=1S/C15H22FNO2/c1-9-4-15(13(10(2)18)7-14(9)16)17(3)8-11-5-12(19)6-11/h4,7,10-12,18-19H,5-6,8H2,1-3H3. The van der Waals surface area contributed by atoms with E-state index < -0.39 is 6.10 Å². The van der Waals surface area contributed by atoms with Gasteiger partial charge in [-0.2, -0.15) is 0 Å². The molecule has 2 rings (SSSR count). The summed E-state index contributed by atoms with van der Waals surface area (Å²) >= 11 is 0. The van der Waals surface area contributed by atoms with Crippen LogP contribution >= 0.6 is 0 Å². The van der Waals surface area contributed by atoms with Gasteiger partial charge in [-0.3, -0.25) is 0 Å². The third kappa shape index (κ3) is 3.07. The first kappa shape index (κ1) is 14.3. The smallest absolute Gasteiger partial charge is 0.126 e. The lowest BCUT2D eigenvalue weighted by molar-refractivity contribution is 0.0464. The Hall–Kier alpha value is -1.13. The molecule has 1 aromatic rings. The number of aryl methyl sites for hydroxylation is 1. The van der Waals surface area contributed by atoms with E-state index >= 15 is 0 Å². The number of aliphatic hydroxyl groups is 2. The van der Waals surface area contributed by atoms with E-state index in [0.29, 0.717) is 17.0 Å². The zero-order valence-corrected chi connectivity index (χ0v) is 11.7. The van der Waals surface area contributed by atoms with Crippen molar-refractivity contribution in [1.29, 1.82) is 0 Å². The minimum atomic E-state index is -0.695. The number of aliphatic hydroxyl groups excluding tert-OH is 2. The van der Waals surface area contributed by atoms with Crippen LogP contribution in [0.4, 0.5) is 10.1 Å². The third-order valence-electron chi connectivity index (χ3n) is 3.91. The van der Waals surface area contributed by atoms with E-state index in [4.69, 9.17) is 0 Å². The summed E-state index contributed by atoms with van der Waals surface area (Å²) < 4.78 is 13.6. The van der Waals surface area contributed by atoms with Crippen molar-refractivity contribution in [1.82, 2.24) is 0 Å². The van der Waals surface area contributed by atoms with E-state index in [2.05, 4.69) is 0 Å². The Balaban J connectivity index is 2.19. The van der Waals surface area contributed by atoms with Gasteiger partial charge in [0.25, 0.3) is 0 Å². The minimum Gasteiger partial charge on any atom is -0.393 e. The Bertz CT molecular complexity index is 456. The van der Waals surface area contributed by atoms with E-state index in [0.717, 1.165) is 25.1 Å². The molecule has 1 aliphatic rings. The molecule has 0 heterocycles. The van der Waals surface area contributed by atoms with Crippen molar-refractivity contribution in [2.24, 2.45) is 5.92 Å². The molecule has 0 spiro atoms. The summed E-state index contributed by atoms with van der Waals surface area (Å²) in [6, 6.07) is 3.20. The Kier molecular flexibility index (Phi) is 4.11. The fraction of sp³-hybridized carbons (Fsp3) is 0.600. The van der Waals surface area contributed by atoms with Crippen LogP contribution in [0.5, 0.6) is 0 Å². The maximum atomic E-state index is 13.6. The second kappa shape index (κ2) is 5.47. The topological polar surface area (TPSA) is 43.7 Å². The Morgan fingerprint density at radius 1 is 1.42 bits per heavy atom. The Morgan fingerprint density at radius 2 is 2.05 bits per heavy atom. The summed E-state index contributed by atoms with van der Waals surface area (Å²) in [4.78, 5) is 2.05. The quantitative estimate of drug-likeness (QED) is 0.880. The zero-order chi connectivity index (χ0) is 14.2. The summed E-state index contributed by atoms with van der Waals surface area (Å²) in [5.74, 6) is 0.194. The van der Waals surface area contributed by atoms with Crippen LogP contribution in [0.3, 0.4) is 0 Å². The van der Waals surface area contributed by atoms with Crippen LogP contribution in [0, 0.1) is 18.7 Å². The molecule has 4 heteroatoms. The molecule has 106 valence electrons. The van der Waals surface area contributed by atoms with E-state index in [-0.39, 0.29) is 11.9 Å². The zero-order valence-electron chi connectivity index (χ0n) is 11.7. The van der Waals surface area contributed by atoms with Gasteiger partial charge < -0.3 is 15.1 Å². The van der Waals surface area contributed by atoms with Crippen molar-refractivity contribution in [3.63, 3.8) is 0 Å². The maximum absolute atomic E-state index is 13.6. The predicted molar refractivity (Wildman–Crippen MR) is 73.8 cm³/mol. The number of rotatable bonds is 4. The summed E-state index contributed by atoms with van der Waals surface area (Å²) in [6.45, 7) is 4.20. The van der Waals surface area contributed by atoms with E-state index in [1.165, 1.54) is 6.07 Å². The number of nitrogens with zero attached hydrogens (tertiary/aromatic N) is 1. The molecule has 1 saturated carbocycles. The first-order chi connectivity index (χ1) is 8.88. The van der Waals surface area contributed by atoms with E-state index in [1.807, 2.05) is 11.9 Å².